The molecule has 2 fully saturated rings. The Morgan fingerprint density at radius 3 is 2.70 bits per heavy atom. The molecule has 1 saturated carbocycles. The first kappa shape index (κ1) is 20.4. The fourth-order valence-corrected chi connectivity index (χ4v) is 4.01. The first-order chi connectivity index (χ1) is 12.7. The SMILES string of the molecule is CN=C(NCCc1nc(-c2ccc(Cl)cc2)no1)N1CCC2(CCC2)C1.I. The van der Waals surface area contributed by atoms with Gasteiger partial charge in [0.1, 0.15) is 0 Å². The van der Waals surface area contributed by atoms with Gasteiger partial charge in [-0.2, -0.15) is 4.98 Å². The van der Waals surface area contributed by atoms with Crippen LogP contribution in [0, 0.1) is 5.41 Å². The number of nitrogens with zero attached hydrogens (tertiary/aromatic N) is 4. The van der Waals surface area contributed by atoms with Gasteiger partial charge >= 0.3 is 0 Å². The molecule has 8 heteroatoms. The van der Waals surface area contributed by atoms with E-state index in [2.05, 4.69) is 25.3 Å². The van der Waals surface area contributed by atoms with Gasteiger partial charge in [-0.25, -0.2) is 0 Å². The highest BCUT2D eigenvalue weighted by atomic mass is 127. The molecule has 1 saturated heterocycles. The molecule has 6 nitrogen and oxygen atoms in total. The quantitative estimate of drug-likeness (QED) is 0.390. The Morgan fingerprint density at radius 1 is 1.30 bits per heavy atom. The van der Waals surface area contributed by atoms with E-state index in [4.69, 9.17) is 16.1 Å². The molecule has 1 aromatic carbocycles. The second-order valence-corrected chi connectivity index (χ2v) is 7.70. The van der Waals surface area contributed by atoms with Crippen molar-refractivity contribution >= 4 is 41.5 Å². The van der Waals surface area contributed by atoms with Crippen LogP contribution in [-0.4, -0.2) is 47.7 Å². The summed E-state index contributed by atoms with van der Waals surface area (Å²) in [6, 6.07) is 7.42. The molecular weight excluding hydrogens is 477 g/mol. The molecule has 0 unspecified atom stereocenters. The Balaban J connectivity index is 0.00000210. The second-order valence-electron chi connectivity index (χ2n) is 7.27. The molecule has 2 heterocycles. The van der Waals surface area contributed by atoms with E-state index in [-0.39, 0.29) is 24.0 Å². The van der Waals surface area contributed by atoms with E-state index in [0.29, 0.717) is 28.6 Å². The van der Waals surface area contributed by atoms with Crippen LogP contribution in [0.1, 0.15) is 31.6 Å². The van der Waals surface area contributed by atoms with Gasteiger partial charge in [-0.15, -0.1) is 24.0 Å². The van der Waals surface area contributed by atoms with Gasteiger partial charge < -0.3 is 14.7 Å². The predicted molar refractivity (Wildman–Crippen MR) is 118 cm³/mol. The lowest BCUT2D eigenvalue weighted by atomic mass is 9.68. The summed E-state index contributed by atoms with van der Waals surface area (Å²) >= 11 is 5.91. The third-order valence-corrected chi connectivity index (χ3v) is 5.81. The van der Waals surface area contributed by atoms with Gasteiger partial charge in [-0.3, -0.25) is 4.99 Å². The lowest BCUT2D eigenvalue weighted by Crippen LogP contribution is -2.43. The average molecular weight is 502 g/mol. The van der Waals surface area contributed by atoms with Crippen LogP contribution in [0.2, 0.25) is 5.02 Å². The maximum Gasteiger partial charge on any atom is 0.228 e. The van der Waals surface area contributed by atoms with Crippen molar-refractivity contribution in [3.05, 3.63) is 35.2 Å². The number of aliphatic imine (C=N–C) groups is 1. The molecule has 0 atom stereocenters. The van der Waals surface area contributed by atoms with Gasteiger partial charge in [-0.1, -0.05) is 23.2 Å². The Labute approximate surface area is 181 Å². The summed E-state index contributed by atoms with van der Waals surface area (Å²) < 4.78 is 5.36. The molecule has 2 aromatic rings. The van der Waals surface area contributed by atoms with Gasteiger partial charge in [0, 0.05) is 43.7 Å². The zero-order valence-electron chi connectivity index (χ0n) is 15.4. The van der Waals surface area contributed by atoms with Crippen LogP contribution in [0.15, 0.2) is 33.8 Å². The summed E-state index contributed by atoms with van der Waals surface area (Å²) in [4.78, 5) is 11.3. The summed E-state index contributed by atoms with van der Waals surface area (Å²) in [7, 11) is 1.85. The van der Waals surface area contributed by atoms with Crippen molar-refractivity contribution < 1.29 is 4.52 Å². The molecule has 1 N–H and O–H groups in total. The summed E-state index contributed by atoms with van der Waals surface area (Å²) in [6.45, 7) is 2.95. The highest BCUT2D eigenvalue weighted by Gasteiger charge is 2.43. The highest BCUT2D eigenvalue weighted by Crippen LogP contribution is 2.47. The van der Waals surface area contributed by atoms with Crippen LogP contribution in [0.4, 0.5) is 0 Å². The molecule has 27 heavy (non-hydrogen) atoms. The number of nitrogens with one attached hydrogen (secondary N) is 1. The van der Waals surface area contributed by atoms with Crippen molar-refractivity contribution in [2.75, 3.05) is 26.7 Å². The van der Waals surface area contributed by atoms with Crippen LogP contribution in [0.5, 0.6) is 0 Å². The number of hydrogen-bond donors (Lipinski definition) is 1. The van der Waals surface area contributed by atoms with Crippen molar-refractivity contribution in [2.24, 2.45) is 10.4 Å². The summed E-state index contributed by atoms with van der Waals surface area (Å²) in [6.07, 6.45) is 6.08. The van der Waals surface area contributed by atoms with Crippen LogP contribution in [0.3, 0.4) is 0 Å². The zero-order chi connectivity index (χ0) is 18.0. The lowest BCUT2D eigenvalue weighted by Gasteiger charge is -2.38. The third kappa shape index (κ3) is 4.56. The number of rotatable bonds is 4. The van der Waals surface area contributed by atoms with Crippen molar-refractivity contribution in [3.63, 3.8) is 0 Å². The van der Waals surface area contributed by atoms with E-state index >= 15 is 0 Å². The maximum absolute atomic E-state index is 5.91. The first-order valence-corrected chi connectivity index (χ1v) is 9.59. The van der Waals surface area contributed by atoms with Gasteiger partial charge in [0.05, 0.1) is 0 Å². The zero-order valence-corrected chi connectivity index (χ0v) is 18.5. The molecule has 1 spiro atoms. The number of guanidine groups is 1. The monoisotopic (exact) mass is 501 g/mol. The smallest absolute Gasteiger partial charge is 0.228 e. The van der Waals surface area contributed by atoms with Gasteiger partial charge in [0.2, 0.25) is 11.7 Å². The minimum absolute atomic E-state index is 0. The van der Waals surface area contributed by atoms with Crippen LogP contribution < -0.4 is 5.32 Å². The van der Waals surface area contributed by atoms with E-state index in [1.165, 1.54) is 25.7 Å². The lowest BCUT2D eigenvalue weighted by molar-refractivity contribution is 0.151. The van der Waals surface area contributed by atoms with Gasteiger partial charge in [-0.05, 0) is 48.9 Å². The normalized spacial score (nSPS) is 18.3. The largest absolute Gasteiger partial charge is 0.356 e. The van der Waals surface area contributed by atoms with E-state index in [1.54, 1.807) is 0 Å². The van der Waals surface area contributed by atoms with Crippen molar-refractivity contribution in [2.45, 2.75) is 32.1 Å². The molecule has 4 rings (SSSR count). The molecule has 1 aliphatic carbocycles. The second kappa shape index (κ2) is 8.77. The van der Waals surface area contributed by atoms with Crippen molar-refractivity contribution in [3.8, 4) is 11.4 Å². The molecule has 0 amide bonds. The Kier molecular flexibility index (Phi) is 6.62. The highest BCUT2D eigenvalue weighted by molar-refractivity contribution is 14.0. The summed E-state index contributed by atoms with van der Waals surface area (Å²) in [5, 5.41) is 8.18. The standard InChI is InChI=1S/C19H24ClN5O.HI/c1-21-18(25-12-10-19(13-25)8-2-9-19)22-11-7-16-23-17(24-26-16)14-3-5-15(20)6-4-14;/h3-6H,2,7-13H2,1H3,(H,21,22);1H. The van der Waals surface area contributed by atoms with Crippen LogP contribution >= 0.6 is 35.6 Å². The fourth-order valence-electron chi connectivity index (χ4n) is 3.89. The molecule has 1 aliphatic heterocycles. The maximum atomic E-state index is 5.91. The van der Waals surface area contributed by atoms with Crippen LogP contribution in [-0.2, 0) is 6.42 Å². The third-order valence-electron chi connectivity index (χ3n) is 5.56. The fraction of sp³-hybridized carbons (Fsp3) is 0.526. The number of hydrogen-bond acceptors (Lipinski definition) is 4. The molecule has 146 valence electrons. The van der Waals surface area contributed by atoms with E-state index in [9.17, 15) is 0 Å². The van der Waals surface area contributed by atoms with E-state index in [1.807, 2.05) is 31.3 Å². The Bertz CT molecular complexity index is 788. The van der Waals surface area contributed by atoms with Crippen molar-refractivity contribution in [1.82, 2.24) is 20.4 Å². The van der Waals surface area contributed by atoms with E-state index < -0.39 is 0 Å². The van der Waals surface area contributed by atoms with Gasteiger partial charge in [0.15, 0.2) is 5.96 Å². The van der Waals surface area contributed by atoms with E-state index in [0.717, 1.165) is 31.2 Å². The average Bonchev–Trinajstić information content (AvgIpc) is 3.27. The molecule has 0 radical (unpaired) electrons. The summed E-state index contributed by atoms with van der Waals surface area (Å²) in [5.41, 5.74) is 1.47. The Hall–Kier alpha value is -1.35. The van der Waals surface area contributed by atoms with Crippen LogP contribution in [0.25, 0.3) is 11.4 Å². The number of halogens is 2. The summed E-state index contributed by atoms with van der Waals surface area (Å²) in [5.74, 6) is 2.19. The topological polar surface area (TPSA) is 66.5 Å². The first-order valence-electron chi connectivity index (χ1n) is 9.22. The number of aromatic nitrogens is 2. The molecule has 0 bridgehead atoms. The minimum atomic E-state index is 0. The minimum Gasteiger partial charge on any atom is -0.356 e. The molecule has 2 aliphatic rings. The number of benzene rings is 1. The van der Waals surface area contributed by atoms with Crippen molar-refractivity contribution in [1.29, 1.82) is 0 Å². The Morgan fingerprint density at radius 2 is 2.07 bits per heavy atom. The molecular formula is C19H25ClIN5O. The van der Waals surface area contributed by atoms with Gasteiger partial charge in [0.25, 0.3) is 0 Å². The number of likely N-dealkylation sites (tertiary alicyclic amines) is 1. The molecule has 1 aromatic heterocycles. The predicted octanol–water partition coefficient (Wildman–Crippen LogP) is 4.00.